The number of carbonyl (C=O) groups excluding carboxylic acids is 1. The van der Waals surface area contributed by atoms with Gasteiger partial charge in [0.15, 0.2) is 0 Å². The number of ketones is 1. The molecular weight excluding hydrogens is 604 g/mol. The van der Waals surface area contributed by atoms with Gasteiger partial charge in [-0.25, -0.2) is 0 Å². The Hall–Kier alpha value is -2.41. The van der Waals surface area contributed by atoms with Crippen molar-refractivity contribution in [2.24, 2.45) is 0 Å². The average molecular weight is 640 g/mol. The van der Waals surface area contributed by atoms with Gasteiger partial charge in [0, 0.05) is 28.3 Å². The molecular formula is C32H36Br2N2O2. The molecule has 0 unspecified atom stereocenters. The summed E-state index contributed by atoms with van der Waals surface area (Å²) in [6.45, 7) is 8.56. The molecule has 0 atom stereocenters. The van der Waals surface area contributed by atoms with Crippen LogP contribution in [0.2, 0.25) is 0 Å². The van der Waals surface area contributed by atoms with Crippen molar-refractivity contribution < 1.29 is 9.53 Å². The van der Waals surface area contributed by atoms with Gasteiger partial charge in [0.1, 0.15) is 11.4 Å². The summed E-state index contributed by atoms with van der Waals surface area (Å²) in [4.78, 5) is 16.4. The number of unbranched alkanes of at least 4 members (excludes halogenated alkanes) is 2. The molecule has 2 aromatic heterocycles. The van der Waals surface area contributed by atoms with Crippen LogP contribution in [0.3, 0.4) is 0 Å². The van der Waals surface area contributed by atoms with Gasteiger partial charge in [0.05, 0.1) is 16.6 Å². The Bertz CT molecular complexity index is 1320. The van der Waals surface area contributed by atoms with Crippen molar-refractivity contribution in [2.75, 3.05) is 26.2 Å². The number of carbonyl (C=O) groups is 1. The first-order chi connectivity index (χ1) is 18.5. The van der Waals surface area contributed by atoms with E-state index in [1.807, 2.05) is 77.3 Å². The Balaban J connectivity index is 1.47. The third kappa shape index (κ3) is 6.96. The van der Waals surface area contributed by atoms with Crippen LogP contribution in [0.1, 0.15) is 62.0 Å². The van der Waals surface area contributed by atoms with Crippen molar-refractivity contribution in [3.05, 3.63) is 93.1 Å². The second-order valence-electron chi connectivity index (χ2n) is 9.60. The Kier molecular flexibility index (Phi) is 10.6. The van der Waals surface area contributed by atoms with Crippen LogP contribution in [0.25, 0.3) is 16.6 Å². The predicted molar refractivity (Wildman–Crippen MR) is 164 cm³/mol. The molecule has 0 saturated heterocycles. The van der Waals surface area contributed by atoms with E-state index in [2.05, 4.69) is 50.6 Å². The number of fused-ring (bicyclic) bond motifs is 1. The Morgan fingerprint density at radius 3 is 2.16 bits per heavy atom. The third-order valence-corrected chi connectivity index (χ3v) is 8.12. The van der Waals surface area contributed by atoms with E-state index in [4.69, 9.17) is 4.74 Å². The zero-order valence-electron chi connectivity index (χ0n) is 22.3. The SMILES string of the molecule is CCCCN(CCCC)CCCOc1ccc(C(=O)c2c(-c3ccc(Br)cc3)c(Br)c3ccccn23)cc1. The summed E-state index contributed by atoms with van der Waals surface area (Å²) in [5.74, 6) is 0.772. The zero-order chi connectivity index (χ0) is 26.9. The van der Waals surface area contributed by atoms with E-state index >= 15 is 0 Å². The Morgan fingerprint density at radius 1 is 0.842 bits per heavy atom. The Morgan fingerprint density at radius 2 is 1.50 bits per heavy atom. The molecule has 0 saturated carbocycles. The molecule has 0 N–H and O–H groups in total. The fraction of sp³-hybridized carbons (Fsp3) is 0.344. The highest BCUT2D eigenvalue weighted by molar-refractivity contribution is 9.11. The van der Waals surface area contributed by atoms with E-state index in [0.29, 0.717) is 17.9 Å². The van der Waals surface area contributed by atoms with Crippen LogP contribution >= 0.6 is 31.9 Å². The maximum Gasteiger partial charge on any atom is 0.210 e. The van der Waals surface area contributed by atoms with Crippen molar-refractivity contribution >= 4 is 43.2 Å². The lowest BCUT2D eigenvalue weighted by Gasteiger charge is -2.21. The van der Waals surface area contributed by atoms with Crippen LogP contribution in [-0.4, -0.2) is 41.3 Å². The minimum absolute atomic E-state index is 0.0242. The molecule has 38 heavy (non-hydrogen) atoms. The maximum absolute atomic E-state index is 13.9. The lowest BCUT2D eigenvalue weighted by atomic mass is 10.00. The first-order valence-electron chi connectivity index (χ1n) is 13.6. The number of hydrogen-bond donors (Lipinski definition) is 0. The molecule has 4 rings (SSSR count). The van der Waals surface area contributed by atoms with Crippen molar-refractivity contribution in [3.8, 4) is 16.9 Å². The van der Waals surface area contributed by atoms with Crippen molar-refractivity contribution in [1.82, 2.24) is 9.30 Å². The molecule has 0 aliphatic carbocycles. The van der Waals surface area contributed by atoms with Gasteiger partial charge in [-0.1, -0.05) is 60.8 Å². The van der Waals surface area contributed by atoms with Crippen LogP contribution in [0.15, 0.2) is 81.9 Å². The summed E-state index contributed by atoms with van der Waals surface area (Å²) < 4.78 is 9.91. The first kappa shape index (κ1) is 28.6. The topological polar surface area (TPSA) is 34.0 Å². The van der Waals surface area contributed by atoms with Gasteiger partial charge in [0.2, 0.25) is 5.78 Å². The summed E-state index contributed by atoms with van der Waals surface area (Å²) in [5, 5.41) is 0. The number of hydrogen-bond acceptors (Lipinski definition) is 3. The quantitative estimate of drug-likeness (QED) is 0.102. The second kappa shape index (κ2) is 14.1. The number of aromatic nitrogens is 1. The smallest absolute Gasteiger partial charge is 0.210 e. The highest BCUT2D eigenvalue weighted by Crippen LogP contribution is 2.38. The standard InChI is InChI=1S/C32H36Br2N2O2/c1-3-5-19-35(20-6-4-2)21-9-23-38-27-17-13-25(14-18-27)32(37)31-29(24-11-15-26(33)16-12-24)30(34)28-10-7-8-22-36(28)31/h7-8,10-18,22H,3-6,9,19-21,23H2,1-2H3. The lowest BCUT2D eigenvalue weighted by molar-refractivity contribution is 0.103. The molecule has 200 valence electrons. The highest BCUT2D eigenvalue weighted by Gasteiger charge is 2.24. The van der Waals surface area contributed by atoms with E-state index in [-0.39, 0.29) is 5.78 Å². The summed E-state index contributed by atoms with van der Waals surface area (Å²) >= 11 is 7.29. The van der Waals surface area contributed by atoms with E-state index in [9.17, 15) is 4.79 Å². The van der Waals surface area contributed by atoms with Crippen LogP contribution in [0, 0.1) is 0 Å². The minimum Gasteiger partial charge on any atom is -0.494 e. The average Bonchev–Trinajstić information content (AvgIpc) is 3.24. The van der Waals surface area contributed by atoms with Crippen molar-refractivity contribution in [2.45, 2.75) is 46.0 Å². The van der Waals surface area contributed by atoms with Crippen molar-refractivity contribution in [1.29, 1.82) is 0 Å². The first-order valence-corrected chi connectivity index (χ1v) is 15.2. The third-order valence-electron chi connectivity index (χ3n) is 6.79. The van der Waals surface area contributed by atoms with E-state index in [1.165, 1.54) is 38.8 Å². The number of benzene rings is 2. The van der Waals surface area contributed by atoms with Gasteiger partial charge in [-0.3, -0.25) is 4.79 Å². The fourth-order valence-corrected chi connectivity index (χ4v) is 5.69. The van der Waals surface area contributed by atoms with Crippen molar-refractivity contribution in [3.63, 3.8) is 0 Å². The van der Waals surface area contributed by atoms with Gasteiger partial charge in [-0.05, 0) is 102 Å². The molecule has 2 aromatic carbocycles. The maximum atomic E-state index is 13.9. The normalized spacial score (nSPS) is 11.4. The second-order valence-corrected chi connectivity index (χ2v) is 11.3. The van der Waals surface area contributed by atoms with Gasteiger partial charge >= 0.3 is 0 Å². The molecule has 0 fully saturated rings. The summed E-state index contributed by atoms with van der Waals surface area (Å²) in [6.07, 6.45) is 7.89. The van der Waals surface area contributed by atoms with Gasteiger partial charge in [0.25, 0.3) is 0 Å². The van der Waals surface area contributed by atoms with Crippen LogP contribution in [0.4, 0.5) is 0 Å². The van der Waals surface area contributed by atoms with Crippen LogP contribution in [-0.2, 0) is 0 Å². The highest BCUT2D eigenvalue weighted by atomic mass is 79.9. The number of ether oxygens (including phenoxy) is 1. The monoisotopic (exact) mass is 638 g/mol. The largest absolute Gasteiger partial charge is 0.494 e. The molecule has 0 spiro atoms. The fourth-order valence-electron chi connectivity index (χ4n) is 4.69. The van der Waals surface area contributed by atoms with Crippen LogP contribution in [0.5, 0.6) is 5.75 Å². The van der Waals surface area contributed by atoms with E-state index in [0.717, 1.165) is 44.3 Å². The van der Waals surface area contributed by atoms with Gasteiger partial charge in [-0.15, -0.1) is 0 Å². The number of pyridine rings is 1. The summed E-state index contributed by atoms with van der Waals surface area (Å²) in [5.41, 5.74) is 4.11. The number of halogens is 2. The predicted octanol–water partition coefficient (Wildman–Crippen LogP) is 9.03. The summed E-state index contributed by atoms with van der Waals surface area (Å²) in [6, 6.07) is 21.6. The number of rotatable bonds is 14. The lowest BCUT2D eigenvalue weighted by Crippen LogP contribution is -2.28. The van der Waals surface area contributed by atoms with Crippen LogP contribution < -0.4 is 4.74 Å². The van der Waals surface area contributed by atoms with Gasteiger partial charge < -0.3 is 14.0 Å². The molecule has 6 heteroatoms. The molecule has 0 radical (unpaired) electrons. The molecule has 2 heterocycles. The van der Waals surface area contributed by atoms with Gasteiger partial charge in [-0.2, -0.15) is 0 Å². The number of nitrogens with zero attached hydrogens (tertiary/aromatic N) is 2. The summed E-state index contributed by atoms with van der Waals surface area (Å²) in [7, 11) is 0. The molecule has 0 aliphatic heterocycles. The van der Waals surface area contributed by atoms with E-state index in [1.54, 1.807) is 0 Å². The zero-order valence-corrected chi connectivity index (χ0v) is 25.4. The van der Waals surface area contributed by atoms with E-state index < -0.39 is 0 Å². The molecule has 0 bridgehead atoms. The molecule has 0 amide bonds. The Labute approximate surface area is 243 Å². The molecule has 0 aliphatic rings. The molecule has 4 nitrogen and oxygen atoms in total. The molecule has 4 aromatic rings. The minimum atomic E-state index is -0.0242.